The summed E-state index contributed by atoms with van der Waals surface area (Å²) in [7, 11) is -5.83. The first kappa shape index (κ1) is 22.5. The summed E-state index contributed by atoms with van der Waals surface area (Å²) in [4.78, 5) is 0. The van der Waals surface area contributed by atoms with Crippen LogP contribution in [0.5, 0.6) is 0 Å². The molecule has 10 heteroatoms. The Bertz CT molecular complexity index is 31.2. The van der Waals surface area contributed by atoms with Crippen molar-refractivity contribution >= 4 is 14.6 Å². The van der Waals surface area contributed by atoms with E-state index in [1.807, 2.05) is 0 Å². The second kappa shape index (κ2) is 16.7. The zero-order chi connectivity index (χ0) is 7.15. The Hall–Kier alpha value is 1.20. The molecule has 0 spiro atoms. The maximum Gasteiger partial charge on any atom is 4.00 e. The Balaban J connectivity index is -0.0000000300. The maximum absolute atomic E-state index is 8.42. The van der Waals surface area contributed by atoms with E-state index < -0.39 is 14.6 Å². The van der Waals surface area contributed by atoms with Gasteiger partial charge in [-0.2, -0.15) is 0 Å². The van der Waals surface area contributed by atoms with Gasteiger partial charge in [-0.3, -0.25) is 14.6 Å². The summed E-state index contributed by atoms with van der Waals surface area (Å²) < 4.78 is 0. The first-order valence-electron chi connectivity index (χ1n) is 1.41. The van der Waals surface area contributed by atoms with E-state index in [0.29, 0.717) is 0 Å². The topological polar surface area (TPSA) is 138 Å². The molecule has 0 aliphatic heterocycles. The van der Waals surface area contributed by atoms with Crippen LogP contribution in [0.2, 0.25) is 0 Å². The van der Waals surface area contributed by atoms with Crippen molar-refractivity contribution in [3.63, 3.8) is 0 Å². The van der Waals surface area contributed by atoms with Gasteiger partial charge < -0.3 is 30.1 Å². The predicted molar refractivity (Wildman–Crippen MR) is 11.5 cm³/mol. The summed E-state index contributed by atoms with van der Waals surface area (Å²) in [5.74, 6) is 0. The van der Waals surface area contributed by atoms with Crippen molar-refractivity contribution in [1.29, 1.82) is 0 Å². The van der Waals surface area contributed by atoms with Gasteiger partial charge in [-0.25, -0.2) is 0 Å². The quantitative estimate of drug-likeness (QED) is 0.403. The second-order valence-electron chi connectivity index (χ2n) is 0.577. The Morgan fingerprint density at radius 3 is 0.600 bits per heavy atom. The monoisotopic (exact) mass is 280 g/mol. The molecule has 10 heavy (non-hydrogen) atoms. The van der Waals surface area contributed by atoms with Crippen LogP contribution in [0.15, 0.2) is 0 Å². The zero-order valence-electron chi connectivity index (χ0n) is 4.72. The van der Waals surface area contributed by atoms with Crippen LogP contribution in [0.3, 0.4) is 0 Å². The Kier molecular flexibility index (Phi) is 37.4. The van der Waals surface area contributed by atoms with Crippen molar-refractivity contribution in [3.8, 4) is 0 Å². The van der Waals surface area contributed by atoms with Crippen LogP contribution in [0, 0.1) is 0 Å². The molecule has 0 aliphatic rings. The molecule has 0 N–H and O–H groups in total. The summed E-state index contributed by atoms with van der Waals surface area (Å²) in [6.07, 6.45) is 0. The van der Waals surface area contributed by atoms with Crippen molar-refractivity contribution in [1.82, 2.24) is 0 Å². The van der Waals surface area contributed by atoms with Gasteiger partial charge in [-0.15, -0.1) is 0 Å². The summed E-state index contributed by atoms with van der Waals surface area (Å²) in [5, 5.41) is 50.5. The summed E-state index contributed by atoms with van der Waals surface area (Å²) >= 11 is 0. The molecule has 0 fully saturated rings. The largest absolute Gasteiger partial charge is 4.00 e. The van der Waals surface area contributed by atoms with E-state index >= 15 is 0 Å². The molecule has 0 heterocycles. The van der Waals surface area contributed by atoms with Crippen molar-refractivity contribution < 1.29 is 70.7 Å². The fraction of sp³-hybridized carbons (Fsp3) is 0. The molecule has 0 aromatic rings. The molecule has 0 aromatic carbocycles. The van der Waals surface area contributed by atoms with E-state index in [1.165, 1.54) is 0 Å². The molecule has 0 saturated heterocycles. The van der Waals surface area contributed by atoms with Crippen LogP contribution < -0.4 is 30.1 Å². The normalized spacial score (nSPS) is 5.40. The van der Waals surface area contributed by atoms with Gasteiger partial charge in [0.25, 0.3) is 0 Å². The van der Waals surface area contributed by atoms with Crippen molar-refractivity contribution in [2.24, 2.45) is 0 Å². The van der Waals surface area contributed by atoms with Crippen LogP contribution in [0.4, 0.5) is 0 Å². The van der Waals surface area contributed by atoms with E-state index in [9.17, 15) is 0 Å². The summed E-state index contributed by atoms with van der Waals surface area (Å²) in [6.45, 7) is 0. The third kappa shape index (κ3) is 429. The van der Waals surface area contributed by atoms with Crippen LogP contribution in [-0.2, 0) is 40.5 Å². The average Bonchev–Trinajstić information content (AvgIpc) is 1.25. The minimum Gasteiger partial charge on any atom is -0.907 e. The number of hydrogen-bond acceptors (Lipinski definition) is 6. The molecular formula is B2MoO6Zn. The van der Waals surface area contributed by atoms with Crippen LogP contribution in [0.1, 0.15) is 0 Å². The summed E-state index contributed by atoms with van der Waals surface area (Å²) in [5.41, 5.74) is 0. The average molecular weight is 279 g/mol. The molecule has 50 valence electrons. The molecule has 0 rings (SSSR count). The zero-order valence-corrected chi connectivity index (χ0v) is 9.69. The van der Waals surface area contributed by atoms with Gasteiger partial charge >= 0.3 is 40.5 Å². The molecule has 0 aromatic heterocycles. The van der Waals surface area contributed by atoms with Crippen LogP contribution in [0.25, 0.3) is 0 Å². The van der Waals surface area contributed by atoms with E-state index in [-0.39, 0.29) is 40.5 Å². The van der Waals surface area contributed by atoms with E-state index in [0.717, 1.165) is 0 Å². The molecular weight excluding hydrogens is 279 g/mol. The molecule has 0 amide bonds. The molecule has 0 saturated carbocycles. The first-order valence-corrected chi connectivity index (χ1v) is 1.41. The smallest absolute Gasteiger partial charge is 0.907 e. The number of rotatable bonds is 0. The molecule has 0 bridgehead atoms. The SMILES string of the molecule is [Mo+4].[O-]B([O-])[O-].[O-]B([O-])[O-].[Zn+2]. The van der Waals surface area contributed by atoms with E-state index in [2.05, 4.69) is 0 Å². The van der Waals surface area contributed by atoms with E-state index in [4.69, 9.17) is 30.1 Å². The molecule has 0 radical (unpaired) electrons. The Labute approximate surface area is 85.3 Å². The van der Waals surface area contributed by atoms with Gasteiger partial charge in [-0.05, 0) is 0 Å². The summed E-state index contributed by atoms with van der Waals surface area (Å²) in [6, 6.07) is 0. The van der Waals surface area contributed by atoms with Crippen LogP contribution in [-0.4, -0.2) is 14.6 Å². The van der Waals surface area contributed by atoms with Gasteiger partial charge in [-0.1, -0.05) is 0 Å². The number of hydrogen-bond donors (Lipinski definition) is 0. The molecule has 0 aliphatic carbocycles. The van der Waals surface area contributed by atoms with Gasteiger partial charge in [0.2, 0.25) is 0 Å². The molecule has 0 atom stereocenters. The van der Waals surface area contributed by atoms with E-state index in [1.54, 1.807) is 0 Å². The van der Waals surface area contributed by atoms with Gasteiger partial charge in [0.1, 0.15) is 0 Å². The van der Waals surface area contributed by atoms with Gasteiger partial charge in [0.05, 0.1) is 0 Å². The minimum atomic E-state index is -2.92. The third-order valence-electron chi connectivity index (χ3n) is 0. The third-order valence-corrected chi connectivity index (χ3v) is 0. The van der Waals surface area contributed by atoms with Crippen molar-refractivity contribution in [2.75, 3.05) is 0 Å². The predicted octanol–water partition coefficient (Wildman–Crippen LogP) is -7.90. The van der Waals surface area contributed by atoms with Gasteiger partial charge in [0.15, 0.2) is 0 Å². The molecule has 6 nitrogen and oxygen atoms in total. The molecule has 0 unspecified atom stereocenters. The standard InChI is InChI=1S/2BO3.Mo.Zn/c2*2-1(3)4;;/q2*-3;+4;+2. The fourth-order valence-electron chi connectivity index (χ4n) is 0. The Morgan fingerprint density at radius 1 is 0.600 bits per heavy atom. The second-order valence-corrected chi connectivity index (χ2v) is 0.577. The minimum absolute atomic E-state index is 0. The van der Waals surface area contributed by atoms with Crippen LogP contribution >= 0.6 is 0 Å². The Morgan fingerprint density at radius 2 is 0.600 bits per heavy atom. The van der Waals surface area contributed by atoms with Crippen molar-refractivity contribution in [3.05, 3.63) is 0 Å². The van der Waals surface area contributed by atoms with Gasteiger partial charge in [0, 0.05) is 0 Å². The maximum atomic E-state index is 8.42. The first-order chi connectivity index (χ1) is 3.46. The van der Waals surface area contributed by atoms with Crippen molar-refractivity contribution in [2.45, 2.75) is 0 Å². The fourth-order valence-corrected chi connectivity index (χ4v) is 0.